The molecule has 2 fully saturated rings. The summed E-state index contributed by atoms with van der Waals surface area (Å²) in [5.41, 5.74) is 0. The molecule has 15 heavy (non-hydrogen) atoms. The van der Waals surface area contributed by atoms with Crippen LogP contribution < -0.4 is 0 Å². The molecule has 1 heterocycles. The van der Waals surface area contributed by atoms with Gasteiger partial charge in [-0.1, -0.05) is 12.8 Å². The Kier molecular flexibility index (Phi) is 2.93. The fraction of sp³-hybridized carbons (Fsp3) is 0.818. The van der Waals surface area contributed by atoms with E-state index < -0.39 is 0 Å². The predicted octanol–water partition coefficient (Wildman–Crippen LogP) is 1.28. The van der Waals surface area contributed by atoms with Crippen molar-refractivity contribution in [2.24, 2.45) is 11.8 Å². The molecular weight excluding hydrogens is 196 g/mol. The van der Waals surface area contributed by atoms with Gasteiger partial charge in [-0.2, -0.15) is 0 Å². The third-order valence-electron chi connectivity index (χ3n) is 3.15. The summed E-state index contributed by atoms with van der Waals surface area (Å²) in [7, 11) is 0. The maximum absolute atomic E-state index is 11.7. The molecule has 0 N–H and O–H groups in total. The minimum atomic E-state index is -0.315. The zero-order valence-electron chi connectivity index (χ0n) is 8.90. The Morgan fingerprint density at radius 3 is 2.33 bits per heavy atom. The number of fused-ring (bicyclic) bond motifs is 1. The van der Waals surface area contributed by atoms with Crippen LogP contribution in [0.5, 0.6) is 0 Å². The van der Waals surface area contributed by atoms with Gasteiger partial charge in [0.05, 0.1) is 11.8 Å². The average molecular weight is 212 g/mol. The number of carbonyl (C=O) groups excluding carboxylic acids is 2. The molecular formula is C11H16O4. The highest BCUT2D eigenvalue weighted by Gasteiger charge is 2.39. The van der Waals surface area contributed by atoms with Gasteiger partial charge < -0.3 is 9.47 Å². The minimum absolute atomic E-state index is 0.188. The topological polar surface area (TPSA) is 52.6 Å². The van der Waals surface area contributed by atoms with Crippen LogP contribution in [0.4, 0.5) is 0 Å². The average Bonchev–Trinajstić information content (AvgIpc) is 2.24. The molecule has 4 heteroatoms. The van der Waals surface area contributed by atoms with E-state index in [2.05, 4.69) is 0 Å². The molecule has 0 radical (unpaired) electrons. The van der Waals surface area contributed by atoms with E-state index in [1.54, 1.807) is 6.92 Å². The number of rotatable bonds is 0. The Morgan fingerprint density at radius 2 is 1.67 bits per heavy atom. The summed E-state index contributed by atoms with van der Waals surface area (Å²) in [4.78, 5) is 23.4. The van der Waals surface area contributed by atoms with Crippen LogP contribution in [0.15, 0.2) is 0 Å². The lowest BCUT2D eigenvalue weighted by atomic mass is 9.79. The summed E-state index contributed by atoms with van der Waals surface area (Å²) in [6.45, 7) is 1.93. The van der Waals surface area contributed by atoms with Crippen LogP contribution >= 0.6 is 0 Å². The summed E-state index contributed by atoms with van der Waals surface area (Å²) < 4.78 is 10.3. The van der Waals surface area contributed by atoms with Gasteiger partial charge in [0, 0.05) is 0 Å². The summed E-state index contributed by atoms with van der Waals surface area (Å²) in [5.74, 6) is -0.972. The Labute approximate surface area is 88.9 Å². The third-order valence-corrected chi connectivity index (χ3v) is 3.15. The second-order valence-electron chi connectivity index (χ2n) is 4.37. The van der Waals surface area contributed by atoms with Crippen molar-refractivity contribution < 1.29 is 19.1 Å². The molecule has 3 atom stereocenters. The number of esters is 2. The summed E-state index contributed by atoms with van der Waals surface area (Å²) in [6, 6.07) is 0. The van der Waals surface area contributed by atoms with Gasteiger partial charge in [0.25, 0.3) is 0 Å². The van der Waals surface area contributed by atoms with E-state index in [0.29, 0.717) is 0 Å². The predicted molar refractivity (Wildman–Crippen MR) is 52.0 cm³/mol. The normalized spacial score (nSPS) is 37.0. The van der Waals surface area contributed by atoms with Gasteiger partial charge in [0.2, 0.25) is 0 Å². The molecule has 2 aliphatic rings. The highest BCUT2D eigenvalue weighted by molar-refractivity contribution is 5.82. The van der Waals surface area contributed by atoms with E-state index in [9.17, 15) is 9.59 Å². The Morgan fingerprint density at radius 1 is 1.07 bits per heavy atom. The molecule has 0 amide bonds. The van der Waals surface area contributed by atoms with Crippen LogP contribution in [0.2, 0.25) is 0 Å². The SMILES string of the molecule is CC1COC(=O)C2CCCCC2C(=O)O1. The first-order chi connectivity index (χ1) is 7.18. The fourth-order valence-electron chi connectivity index (χ4n) is 2.32. The van der Waals surface area contributed by atoms with Crippen LogP contribution in [0, 0.1) is 11.8 Å². The van der Waals surface area contributed by atoms with Gasteiger partial charge in [0.1, 0.15) is 12.7 Å². The fourth-order valence-corrected chi connectivity index (χ4v) is 2.32. The minimum Gasteiger partial charge on any atom is -0.462 e. The van der Waals surface area contributed by atoms with Crippen LogP contribution in [0.25, 0.3) is 0 Å². The number of ether oxygens (including phenoxy) is 2. The van der Waals surface area contributed by atoms with Crippen molar-refractivity contribution in [1.82, 2.24) is 0 Å². The number of hydrogen-bond donors (Lipinski definition) is 0. The van der Waals surface area contributed by atoms with Gasteiger partial charge in [-0.3, -0.25) is 9.59 Å². The first kappa shape index (κ1) is 10.5. The summed E-state index contributed by atoms with van der Waals surface area (Å²) in [6.07, 6.45) is 3.19. The quantitative estimate of drug-likeness (QED) is 0.568. The monoisotopic (exact) mass is 212 g/mol. The molecule has 84 valence electrons. The molecule has 1 saturated heterocycles. The van der Waals surface area contributed by atoms with Gasteiger partial charge in [0.15, 0.2) is 0 Å². The Balaban J connectivity index is 2.15. The molecule has 2 rings (SSSR count). The van der Waals surface area contributed by atoms with Gasteiger partial charge >= 0.3 is 11.9 Å². The van der Waals surface area contributed by atoms with E-state index in [1.165, 1.54) is 0 Å². The van der Waals surface area contributed by atoms with Crippen LogP contribution in [0.1, 0.15) is 32.6 Å². The molecule has 0 aromatic rings. The highest BCUT2D eigenvalue weighted by atomic mass is 16.6. The molecule has 0 aromatic carbocycles. The molecule has 4 nitrogen and oxygen atoms in total. The van der Waals surface area contributed by atoms with E-state index in [1.807, 2.05) is 0 Å². The maximum Gasteiger partial charge on any atom is 0.310 e. The molecule has 3 unspecified atom stereocenters. The lowest BCUT2D eigenvalue weighted by Gasteiger charge is -2.31. The lowest BCUT2D eigenvalue weighted by Crippen LogP contribution is -2.40. The van der Waals surface area contributed by atoms with Crippen molar-refractivity contribution in [3.63, 3.8) is 0 Å². The second kappa shape index (κ2) is 4.21. The largest absolute Gasteiger partial charge is 0.462 e. The molecule has 1 aliphatic heterocycles. The molecule has 1 aliphatic carbocycles. The molecule has 0 aromatic heterocycles. The Hall–Kier alpha value is -1.06. The lowest BCUT2D eigenvalue weighted by molar-refractivity contribution is -0.177. The smallest absolute Gasteiger partial charge is 0.310 e. The maximum atomic E-state index is 11.7. The van der Waals surface area contributed by atoms with Crippen molar-refractivity contribution in [2.45, 2.75) is 38.7 Å². The van der Waals surface area contributed by atoms with Crippen LogP contribution in [-0.2, 0) is 19.1 Å². The number of carbonyl (C=O) groups is 2. The van der Waals surface area contributed by atoms with E-state index >= 15 is 0 Å². The van der Waals surface area contributed by atoms with Gasteiger partial charge in [-0.25, -0.2) is 0 Å². The highest BCUT2D eigenvalue weighted by Crippen LogP contribution is 2.33. The summed E-state index contributed by atoms with van der Waals surface area (Å²) in [5, 5.41) is 0. The van der Waals surface area contributed by atoms with Gasteiger partial charge in [-0.15, -0.1) is 0 Å². The summed E-state index contributed by atoms with van der Waals surface area (Å²) >= 11 is 0. The first-order valence-corrected chi connectivity index (χ1v) is 5.55. The van der Waals surface area contributed by atoms with Gasteiger partial charge in [-0.05, 0) is 19.8 Å². The Bertz CT molecular complexity index is 274. The molecule has 0 spiro atoms. The number of cyclic esters (lactones) is 2. The first-order valence-electron chi connectivity index (χ1n) is 5.55. The zero-order valence-corrected chi connectivity index (χ0v) is 8.90. The molecule has 1 saturated carbocycles. The van der Waals surface area contributed by atoms with Crippen LogP contribution in [0.3, 0.4) is 0 Å². The second-order valence-corrected chi connectivity index (χ2v) is 4.37. The van der Waals surface area contributed by atoms with E-state index in [4.69, 9.17) is 9.47 Å². The van der Waals surface area contributed by atoms with Crippen LogP contribution in [-0.4, -0.2) is 24.6 Å². The van der Waals surface area contributed by atoms with Crippen molar-refractivity contribution in [1.29, 1.82) is 0 Å². The third kappa shape index (κ3) is 2.13. The van der Waals surface area contributed by atoms with Crippen molar-refractivity contribution in [3.05, 3.63) is 0 Å². The van der Waals surface area contributed by atoms with Crippen molar-refractivity contribution in [2.75, 3.05) is 6.61 Å². The standard InChI is InChI=1S/C11H16O4/c1-7-6-14-10(12)8-4-2-3-5-9(8)11(13)15-7/h7-9H,2-6H2,1H3. The van der Waals surface area contributed by atoms with E-state index in [-0.39, 0.29) is 36.5 Å². The van der Waals surface area contributed by atoms with Crippen molar-refractivity contribution >= 4 is 11.9 Å². The molecule has 0 bridgehead atoms. The number of hydrogen-bond acceptors (Lipinski definition) is 4. The zero-order chi connectivity index (χ0) is 10.8. The van der Waals surface area contributed by atoms with E-state index in [0.717, 1.165) is 25.7 Å². The van der Waals surface area contributed by atoms with Crippen molar-refractivity contribution in [3.8, 4) is 0 Å².